The molecule has 0 saturated heterocycles. The van der Waals surface area contributed by atoms with Crippen LogP contribution in [-0.4, -0.2) is 21.9 Å². The van der Waals surface area contributed by atoms with E-state index in [9.17, 15) is 19.7 Å². The van der Waals surface area contributed by atoms with Crippen LogP contribution in [0.4, 0.5) is 17.1 Å². The smallest absolute Gasteiger partial charge is 0.269 e. The molecule has 0 aromatic heterocycles. The first-order valence-corrected chi connectivity index (χ1v) is 9.16. The number of nitro benzene ring substituents is 1. The van der Waals surface area contributed by atoms with E-state index in [1.807, 2.05) is 18.2 Å². The van der Waals surface area contributed by atoms with Crippen LogP contribution in [-0.2, 0) is 0 Å². The van der Waals surface area contributed by atoms with Gasteiger partial charge in [-0.05, 0) is 54.7 Å². The van der Waals surface area contributed by atoms with Crippen LogP contribution in [0.15, 0.2) is 78.9 Å². The summed E-state index contributed by atoms with van der Waals surface area (Å²) in [5, 5.41) is 18.8. The molecule has 30 heavy (non-hydrogen) atoms. The van der Waals surface area contributed by atoms with E-state index >= 15 is 0 Å². The summed E-state index contributed by atoms with van der Waals surface area (Å²) in [7, 11) is 0. The molecule has 0 radical (unpaired) electrons. The van der Waals surface area contributed by atoms with Crippen molar-refractivity contribution >= 4 is 46.2 Å². The molecule has 9 heteroatoms. The summed E-state index contributed by atoms with van der Waals surface area (Å²) in [6.07, 6.45) is 0. The van der Waals surface area contributed by atoms with Crippen molar-refractivity contribution in [3.05, 3.63) is 100 Å². The summed E-state index contributed by atoms with van der Waals surface area (Å²) in [5.41, 5.74) is 1.71. The van der Waals surface area contributed by atoms with Crippen molar-refractivity contribution in [2.45, 2.75) is 0 Å². The van der Waals surface area contributed by atoms with Crippen molar-refractivity contribution in [2.75, 3.05) is 10.6 Å². The molecule has 0 saturated carbocycles. The highest BCUT2D eigenvalue weighted by molar-refractivity contribution is 7.80. The predicted octanol–water partition coefficient (Wildman–Crippen LogP) is 3.97. The molecule has 3 rings (SSSR count). The molecule has 150 valence electrons. The summed E-state index contributed by atoms with van der Waals surface area (Å²) in [6, 6.07) is 20.8. The standard InChI is InChI=1S/C21H16N4O4S/c26-19(14-9-11-18(12-10-14)25(28)29)24-21(30)23-17-8-4-5-15(13-17)20(27)22-16-6-2-1-3-7-16/h1-13H,(H,22,27)(H2,23,24,26,30). The lowest BCUT2D eigenvalue weighted by molar-refractivity contribution is -0.384. The third-order valence-corrected chi connectivity index (χ3v) is 4.19. The fourth-order valence-corrected chi connectivity index (χ4v) is 2.75. The predicted molar refractivity (Wildman–Crippen MR) is 118 cm³/mol. The zero-order chi connectivity index (χ0) is 21.5. The highest BCUT2D eigenvalue weighted by Gasteiger charge is 2.12. The number of thiocarbonyl (C=S) groups is 1. The van der Waals surface area contributed by atoms with Crippen LogP contribution >= 0.6 is 12.2 Å². The number of rotatable bonds is 5. The van der Waals surface area contributed by atoms with Crippen molar-refractivity contribution in [3.8, 4) is 0 Å². The molecule has 0 aliphatic heterocycles. The van der Waals surface area contributed by atoms with Gasteiger partial charge in [0.25, 0.3) is 17.5 Å². The van der Waals surface area contributed by atoms with Gasteiger partial charge in [0.15, 0.2) is 5.11 Å². The highest BCUT2D eigenvalue weighted by Crippen LogP contribution is 2.14. The van der Waals surface area contributed by atoms with Crippen LogP contribution in [0, 0.1) is 10.1 Å². The molecule has 3 N–H and O–H groups in total. The summed E-state index contributed by atoms with van der Waals surface area (Å²) in [5.74, 6) is -0.800. The van der Waals surface area contributed by atoms with E-state index in [-0.39, 0.29) is 22.3 Å². The summed E-state index contributed by atoms with van der Waals surface area (Å²) >= 11 is 5.14. The average molecular weight is 420 g/mol. The fraction of sp³-hybridized carbons (Fsp3) is 0. The van der Waals surface area contributed by atoms with Crippen LogP contribution in [0.1, 0.15) is 20.7 Å². The minimum absolute atomic E-state index is 0.0268. The number of nitrogens with one attached hydrogen (secondary N) is 3. The summed E-state index contributed by atoms with van der Waals surface area (Å²) in [6.45, 7) is 0. The van der Waals surface area contributed by atoms with Crippen LogP contribution in [0.5, 0.6) is 0 Å². The number of non-ortho nitro benzene ring substituents is 1. The molecule has 8 nitrogen and oxygen atoms in total. The van der Waals surface area contributed by atoms with E-state index in [4.69, 9.17) is 12.2 Å². The van der Waals surface area contributed by atoms with E-state index in [0.29, 0.717) is 16.9 Å². The van der Waals surface area contributed by atoms with Crippen LogP contribution < -0.4 is 16.0 Å². The molecule has 2 amide bonds. The third-order valence-electron chi connectivity index (χ3n) is 3.98. The van der Waals surface area contributed by atoms with Crippen molar-refractivity contribution in [1.29, 1.82) is 0 Å². The van der Waals surface area contributed by atoms with Gasteiger partial charge in [-0.15, -0.1) is 0 Å². The molecule has 0 aliphatic rings. The fourth-order valence-electron chi connectivity index (χ4n) is 2.54. The van der Waals surface area contributed by atoms with Gasteiger partial charge in [0.05, 0.1) is 4.92 Å². The van der Waals surface area contributed by atoms with E-state index in [1.165, 1.54) is 24.3 Å². The second-order valence-corrected chi connectivity index (χ2v) is 6.52. The van der Waals surface area contributed by atoms with E-state index in [0.717, 1.165) is 0 Å². The minimum atomic E-state index is -0.547. The maximum atomic E-state index is 12.4. The van der Waals surface area contributed by atoms with E-state index in [2.05, 4.69) is 16.0 Å². The van der Waals surface area contributed by atoms with Gasteiger partial charge < -0.3 is 10.6 Å². The molecule has 0 heterocycles. The number of carbonyl (C=O) groups is 2. The Morgan fingerprint density at radius 2 is 1.43 bits per heavy atom. The Morgan fingerprint density at radius 3 is 2.10 bits per heavy atom. The third kappa shape index (κ3) is 5.46. The number of hydrogen-bond acceptors (Lipinski definition) is 5. The largest absolute Gasteiger partial charge is 0.332 e. The second kappa shape index (κ2) is 9.39. The first-order chi connectivity index (χ1) is 14.4. The molecule has 0 bridgehead atoms. The van der Waals surface area contributed by atoms with Gasteiger partial charge in [0, 0.05) is 34.6 Å². The molecule has 0 atom stereocenters. The number of para-hydroxylation sites is 1. The zero-order valence-corrected chi connectivity index (χ0v) is 16.3. The Balaban J connectivity index is 1.61. The molecule has 3 aromatic carbocycles. The molecule has 3 aromatic rings. The van der Waals surface area contributed by atoms with Gasteiger partial charge in [0.1, 0.15) is 0 Å². The molecular weight excluding hydrogens is 404 g/mol. The maximum Gasteiger partial charge on any atom is 0.269 e. The van der Waals surface area contributed by atoms with E-state index < -0.39 is 10.8 Å². The zero-order valence-electron chi connectivity index (χ0n) is 15.5. The van der Waals surface area contributed by atoms with Crippen molar-refractivity contribution < 1.29 is 14.5 Å². The van der Waals surface area contributed by atoms with Gasteiger partial charge in [-0.2, -0.15) is 0 Å². The Hall–Kier alpha value is -4.11. The van der Waals surface area contributed by atoms with Gasteiger partial charge in [-0.25, -0.2) is 0 Å². The number of nitrogens with zero attached hydrogens (tertiary/aromatic N) is 1. The van der Waals surface area contributed by atoms with Crippen LogP contribution in [0.2, 0.25) is 0 Å². The second-order valence-electron chi connectivity index (χ2n) is 6.11. The maximum absolute atomic E-state index is 12.4. The lowest BCUT2D eigenvalue weighted by Crippen LogP contribution is -2.34. The molecule has 0 spiro atoms. The van der Waals surface area contributed by atoms with Gasteiger partial charge in [-0.3, -0.25) is 25.0 Å². The molecule has 0 unspecified atom stereocenters. The van der Waals surface area contributed by atoms with Gasteiger partial charge in [-0.1, -0.05) is 24.3 Å². The summed E-state index contributed by atoms with van der Waals surface area (Å²) < 4.78 is 0. The number of nitro groups is 1. The Labute approximate surface area is 177 Å². The lowest BCUT2D eigenvalue weighted by Gasteiger charge is -2.11. The first-order valence-electron chi connectivity index (χ1n) is 8.75. The number of amides is 2. The van der Waals surface area contributed by atoms with Crippen molar-refractivity contribution in [3.63, 3.8) is 0 Å². The number of benzene rings is 3. The number of carbonyl (C=O) groups excluding carboxylic acids is 2. The Bertz CT molecular complexity index is 1100. The quantitative estimate of drug-likeness (QED) is 0.327. The normalized spacial score (nSPS) is 10.0. The number of hydrogen-bond donors (Lipinski definition) is 3. The van der Waals surface area contributed by atoms with E-state index in [1.54, 1.807) is 36.4 Å². The van der Waals surface area contributed by atoms with Crippen LogP contribution in [0.3, 0.4) is 0 Å². The Kier molecular flexibility index (Phi) is 6.46. The molecule has 0 fully saturated rings. The monoisotopic (exact) mass is 420 g/mol. The van der Waals surface area contributed by atoms with Crippen molar-refractivity contribution in [1.82, 2.24) is 5.32 Å². The average Bonchev–Trinajstić information content (AvgIpc) is 2.74. The van der Waals surface area contributed by atoms with Crippen LogP contribution in [0.25, 0.3) is 0 Å². The number of anilines is 2. The molecular formula is C21H16N4O4S. The SMILES string of the molecule is O=C(NC(=S)Nc1cccc(C(=O)Nc2ccccc2)c1)c1ccc([N+](=O)[O-])cc1. The van der Waals surface area contributed by atoms with Gasteiger partial charge in [0.2, 0.25) is 0 Å². The Morgan fingerprint density at radius 1 is 0.767 bits per heavy atom. The highest BCUT2D eigenvalue weighted by atomic mass is 32.1. The van der Waals surface area contributed by atoms with Crippen molar-refractivity contribution in [2.24, 2.45) is 0 Å². The first kappa shape index (κ1) is 20.6. The lowest BCUT2D eigenvalue weighted by atomic mass is 10.2. The molecule has 0 aliphatic carbocycles. The van der Waals surface area contributed by atoms with Gasteiger partial charge >= 0.3 is 0 Å². The topological polar surface area (TPSA) is 113 Å². The summed E-state index contributed by atoms with van der Waals surface area (Å²) in [4.78, 5) is 34.8. The minimum Gasteiger partial charge on any atom is -0.332 e.